The number of benzene rings is 1. The van der Waals surface area contributed by atoms with Gasteiger partial charge in [0.05, 0.1) is 18.4 Å². The van der Waals surface area contributed by atoms with Gasteiger partial charge in [0, 0.05) is 5.02 Å². The fourth-order valence-electron chi connectivity index (χ4n) is 1.67. The van der Waals surface area contributed by atoms with Crippen LogP contribution in [0.25, 0.3) is 0 Å². The first-order valence-corrected chi connectivity index (χ1v) is 6.07. The summed E-state index contributed by atoms with van der Waals surface area (Å²) in [6, 6.07) is 6.21. The highest BCUT2D eigenvalue weighted by Gasteiger charge is 2.32. The lowest BCUT2D eigenvalue weighted by Gasteiger charge is -2.29. The van der Waals surface area contributed by atoms with E-state index in [0.717, 1.165) is 0 Å². The average Bonchev–Trinajstić information content (AvgIpc) is 2.42. The lowest BCUT2D eigenvalue weighted by Crippen LogP contribution is -2.44. The SMILES string of the molecule is O=C(O[C@@H]1C=CO[C@H](CO)[C@H]1O)c1ccc(Cl)cc1. The lowest BCUT2D eigenvalue weighted by atomic mass is 10.1. The van der Waals surface area contributed by atoms with Crippen molar-refractivity contribution in [2.24, 2.45) is 0 Å². The van der Waals surface area contributed by atoms with Crippen LogP contribution in [-0.4, -0.2) is 41.1 Å². The van der Waals surface area contributed by atoms with E-state index in [-0.39, 0.29) is 6.61 Å². The summed E-state index contributed by atoms with van der Waals surface area (Å²) in [5.74, 6) is -0.580. The largest absolute Gasteiger partial charge is 0.493 e. The smallest absolute Gasteiger partial charge is 0.338 e. The van der Waals surface area contributed by atoms with Crippen LogP contribution < -0.4 is 0 Å². The van der Waals surface area contributed by atoms with Gasteiger partial charge in [-0.05, 0) is 30.3 Å². The van der Waals surface area contributed by atoms with Crippen molar-refractivity contribution in [3.05, 3.63) is 47.2 Å². The molecule has 0 bridgehead atoms. The van der Waals surface area contributed by atoms with E-state index < -0.39 is 24.3 Å². The molecule has 0 amide bonds. The van der Waals surface area contributed by atoms with Crippen molar-refractivity contribution in [1.29, 1.82) is 0 Å². The second kappa shape index (κ2) is 6.06. The first-order chi connectivity index (χ1) is 9.11. The summed E-state index contributed by atoms with van der Waals surface area (Å²) in [7, 11) is 0. The molecule has 0 fully saturated rings. The van der Waals surface area contributed by atoms with E-state index in [1.165, 1.54) is 24.5 Å². The van der Waals surface area contributed by atoms with Crippen molar-refractivity contribution in [2.45, 2.75) is 18.3 Å². The van der Waals surface area contributed by atoms with E-state index in [9.17, 15) is 9.90 Å². The zero-order valence-electron chi connectivity index (χ0n) is 9.90. The topological polar surface area (TPSA) is 76.0 Å². The Kier molecular flexibility index (Phi) is 4.42. The molecule has 5 nitrogen and oxygen atoms in total. The average molecular weight is 285 g/mol. The Bertz CT molecular complexity index is 470. The summed E-state index contributed by atoms with van der Waals surface area (Å²) in [6.07, 6.45) is -0.0359. The molecule has 102 valence electrons. The zero-order chi connectivity index (χ0) is 13.8. The molecule has 1 heterocycles. The molecule has 0 radical (unpaired) electrons. The van der Waals surface area contributed by atoms with Gasteiger partial charge >= 0.3 is 5.97 Å². The number of aliphatic hydroxyl groups excluding tert-OH is 2. The highest BCUT2D eigenvalue weighted by atomic mass is 35.5. The van der Waals surface area contributed by atoms with Crippen molar-refractivity contribution in [1.82, 2.24) is 0 Å². The van der Waals surface area contributed by atoms with Gasteiger partial charge in [-0.2, -0.15) is 0 Å². The number of esters is 1. The third-order valence-corrected chi connectivity index (χ3v) is 2.99. The maximum atomic E-state index is 11.9. The van der Waals surface area contributed by atoms with Crippen molar-refractivity contribution in [3.63, 3.8) is 0 Å². The third kappa shape index (κ3) is 3.26. The number of ether oxygens (including phenoxy) is 2. The number of hydrogen-bond acceptors (Lipinski definition) is 5. The Balaban J connectivity index is 2.04. The summed E-state index contributed by atoms with van der Waals surface area (Å²) in [6.45, 7) is -0.361. The van der Waals surface area contributed by atoms with Gasteiger partial charge in [0.25, 0.3) is 0 Å². The zero-order valence-corrected chi connectivity index (χ0v) is 10.7. The fourth-order valence-corrected chi connectivity index (χ4v) is 1.79. The van der Waals surface area contributed by atoms with E-state index in [0.29, 0.717) is 10.6 Å². The predicted molar refractivity (Wildman–Crippen MR) is 67.8 cm³/mol. The van der Waals surface area contributed by atoms with Gasteiger partial charge in [-0.25, -0.2) is 4.79 Å². The number of aliphatic hydroxyl groups is 2. The molecule has 0 saturated carbocycles. The molecule has 1 aromatic rings. The Morgan fingerprint density at radius 1 is 1.37 bits per heavy atom. The van der Waals surface area contributed by atoms with Crippen LogP contribution in [0, 0.1) is 0 Å². The van der Waals surface area contributed by atoms with E-state index in [1.54, 1.807) is 12.1 Å². The van der Waals surface area contributed by atoms with Crippen molar-refractivity contribution < 1.29 is 24.5 Å². The Hall–Kier alpha value is -1.56. The number of hydrogen-bond donors (Lipinski definition) is 2. The summed E-state index contributed by atoms with van der Waals surface area (Å²) in [5.41, 5.74) is 0.331. The first kappa shape index (κ1) is 13.9. The molecule has 0 saturated heterocycles. The number of carbonyl (C=O) groups is 1. The van der Waals surface area contributed by atoms with E-state index in [1.807, 2.05) is 0 Å². The number of carbonyl (C=O) groups excluding carboxylic acids is 1. The fraction of sp³-hybridized carbons (Fsp3) is 0.308. The molecule has 1 aliphatic heterocycles. The molecule has 2 rings (SSSR count). The second-order valence-corrected chi connectivity index (χ2v) is 4.49. The Morgan fingerprint density at radius 2 is 2.05 bits per heavy atom. The van der Waals surface area contributed by atoms with E-state index in [2.05, 4.69) is 0 Å². The van der Waals surface area contributed by atoms with Gasteiger partial charge in [-0.3, -0.25) is 0 Å². The summed E-state index contributed by atoms with van der Waals surface area (Å²) >= 11 is 5.72. The van der Waals surface area contributed by atoms with Crippen LogP contribution in [0.2, 0.25) is 5.02 Å². The van der Waals surface area contributed by atoms with Gasteiger partial charge in [-0.1, -0.05) is 11.6 Å². The van der Waals surface area contributed by atoms with Crippen LogP contribution in [0.5, 0.6) is 0 Å². The summed E-state index contributed by atoms with van der Waals surface area (Å²) in [5, 5.41) is 19.3. The van der Waals surface area contributed by atoms with Crippen LogP contribution in [0.1, 0.15) is 10.4 Å². The Morgan fingerprint density at radius 3 is 2.68 bits per heavy atom. The Labute approximate surface area is 115 Å². The van der Waals surface area contributed by atoms with Crippen molar-refractivity contribution in [2.75, 3.05) is 6.61 Å². The molecule has 0 aliphatic carbocycles. The summed E-state index contributed by atoms with van der Waals surface area (Å²) < 4.78 is 10.1. The molecule has 1 aromatic carbocycles. The standard InChI is InChI=1S/C13H13ClO5/c14-9-3-1-8(2-4-9)13(17)19-10-5-6-18-11(7-15)12(10)16/h1-6,10-12,15-16H,7H2/t10-,11-,12+/m1/s1. The third-order valence-electron chi connectivity index (χ3n) is 2.74. The van der Waals surface area contributed by atoms with Gasteiger partial charge in [-0.15, -0.1) is 0 Å². The molecule has 0 unspecified atom stereocenters. The molecule has 1 aliphatic rings. The van der Waals surface area contributed by atoms with Crippen LogP contribution in [-0.2, 0) is 9.47 Å². The maximum absolute atomic E-state index is 11.9. The van der Waals surface area contributed by atoms with Crippen LogP contribution in [0.15, 0.2) is 36.6 Å². The second-order valence-electron chi connectivity index (χ2n) is 4.05. The molecule has 2 N–H and O–H groups in total. The van der Waals surface area contributed by atoms with Crippen LogP contribution in [0.3, 0.4) is 0 Å². The minimum absolute atomic E-state index is 0.331. The summed E-state index contributed by atoms with van der Waals surface area (Å²) in [4.78, 5) is 11.9. The molecular weight excluding hydrogens is 272 g/mol. The van der Waals surface area contributed by atoms with Crippen molar-refractivity contribution >= 4 is 17.6 Å². The van der Waals surface area contributed by atoms with Crippen LogP contribution >= 0.6 is 11.6 Å². The van der Waals surface area contributed by atoms with Crippen LogP contribution in [0.4, 0.5) is 0 Å². The molecular formula is C13H13ClO5. The first-order valence-electron chi connectivity index (χ1n) is 5.69. The molecule has 3 atom stereocenters. The van der Waals surface area contributed by atoms with Gasteiger partial charge in [0.2, 0.25) is 0 Å². The van der Waals surface area contributed by atoms with Gasteiger partial charge in [0.1, 0.15) is 6.10 Å². The number of rotatable bonds is 3. The molecule has 6 heteroatoms. The van der Waals surface area contributed by atoms with Gasteiger partial charge in [0.15, 0.2) is 12.2 Å². The highest BCUT2D eigenvalue weighted by Crippen LogP contribution is 2.17. The minimum atomic E-state index is -1.11. The van der Waals surface area contributed by atoms with Crippen molar-refractivity contribution in [3.8, 4) is 0 Å². The lowest BCUT2D eigenvalue weighted by molar-refractivity contribution is -0.0871. The molecule has 19 heavy (non-hydrogen) atoms. The number of halogens is 1. The predicted octanol–water partition coefficient (Wildman–Crippen LogP) is 1.13. The molecule has 0 spiro atoms. The highest BCUT2D eigenvalue weighted by molar-refractivity contribution is 6.30. The van der Waals surface area contributed by atoms with Gasteiger partial charge < -0.3 is 19.7 Å². The van der Waals surface area contributed by atoms with E-state index >= 15 is 0 Å². The minimum Gasteiger partial charge on any atom is -0.493 e. The normalized spacial score (nSPS) is 25.7. The quantitative estimate of drug-likeness (QED) is 0.814. The monoisotopic (exact) mass is 284 g/mol. The van der Waals surface area contributed by atoms with E-state index in [4.69, 9.17) is 26.2 Å². The molecule has 0 aromatic heterocycles. The maximum Gasteiger partial charge on any atom is 0.338 e.